The molecule has 0 aromatic rings. The van der Waals surface area contributed by atoms with Crippen molar-refractivity contribution in [3.05, 3.63) is 37.5 Å². The van der Waals surface area contributed by atoms with Gasteiger partial charge in [-0.1, -0.05) is 42.7 Å². The Morgan fingerprint density at radius 1 is 1.10 bits per heavy atom. The summed E-state index contributed by atoms with van der Waals surface area (Å²) in [5.74, 6) is 5.91. The second kappa shape index (κ2) is 7.78. The maximum Gasteiger partial charge on any atom is 0.0272 e. The van der Waals surface area contributed by atoms with Gasteiger partial charge in [-0.05, 0) is 0 Å². The lowest BCUT2D eigenvalue weighted by Crippen LogP contribution is -1.59. The summed E-state index contributed by atoms with van der Waals surface area (Å²) < 4.78 is 0. The van der Waals surface area contributed by atoms with Crippen LogP contribution in [0.5, 0.6) is 0 Å². The van der Waals surface area contributed by atoms with Crippen LogP contribution >= 0.6 is 0 Å². The summed E-state index contributed by atoms with van der Waals surface area (Å²) in [7, 11) is 0. The predicted molar refractivity (Wildman–Crippen MR) is 46.5 cm³/mol. The van der Waals surface area contributed by atoms with Gasteiger partial charge in [0.25, 0.3) is 0 Å². The van der Waals surface area contributed by atoms with E-state index < -0.39 is 0 Å². The largest absolute Gasteiger partial charge is 0.102 e. The van der Waals surface area contributed by atoms with Crippen LogP contribution in [0.4, 0.5) is 0 Å². The molecule has 0 aromatic heterocycles. The van der Waals surface area contributed by atoms with Gasteiger partial charge < -0.3 is 0 Å². The van der Waals surface area contributed by atoms with Gasteiger partial charge in [0, 0.05) is 12.8 Å². The molecule has 0 aliphatic carbocycles. The molecular weight excluding hydrogens is 120 g/mol. The molecule has 0 nitrogen and oxygen atoms in total. The molecule has 0 saturated heterocycles. The molecule has 0 bridgehead atoms. The highest BCUT2D eigenvalue weighted by molar-refractivity contribution is 5.09. The zero-order valence-electron chi connectivity index (χ0n) is 6.14. The van der Waals surface area contributed by atoms with Gasteiger partial charge in [0.15, 0.2) is 0 Å². The molecule has 0 unspecified atom stereocenters. The number of hydrogen-bond acceptors (Lipinski definition) is 0. The first-order valence-corrected chi connectivity index (χ1v) is 3.26. The van der Waals surface area contributed by atoms with Gasteiger partial charge in [-0.2, -0.15) is 0 Å². The van der Waals surface area contributed by atoms with E-state index in [0.717, 1.165) is 12.8 Å². The third-order valence-corrected chi connectivity index (χ3v) is 0.863. The summed E-state index contributed by atoms with van der Waals surface area (Å²) in [5, 5.41) is 0. The average molecular weight is 132 g/mol. The van der Waals surface area contributed by atoms with E-state index in [1.54, 1.807) is 12.2 Å². The molecule has 0 aliphatic heterocycles. The third-order valence-electron chi connectivity index (χ3n) is 0.863. The fraction of sp³-hybridized carbons (Fsp3) is 0.200. The number of allylic oxidation sites excluding steroid dienone is 4. The van der Waals surface area contributed by atoms with E-state index in [0.29, 0.717) is 0 Å². The maximum atomic E-state index is 3.56. The lowest BCUT2D eigenvalue weighted by atomic mass is 10.3. The van der Waals surface area contributed by atoms with Crippen LogP contribution < -0.4 is 0 Å². The Hall–Kier alpha value is -1.22. The van der Waals surface area contributed by atoms with E-state index >= 15 is 0 Å². The van der Waals surface area contributed by atoms with Crippen LogP contribution in [0.15, 0.2) is 37.5 Å². The molecule has 10 heavy (non-hydrogen) atoms. The first-order valence-electron chi connectivity index (χ1n) is 3.26. The monoisotopic (exact) mass is 132 g/mol. The van der Waals surface area contributed by atoms with E-state index in [1.165, 1.54) is 0 Å². The van der Waals surface area contributed by atoms with Crippen LogP contribution in [0, 0.1) is 11.8 Å². The highest BCUT2D eigenvalue weighted by Crippen LogP contribution is 1.81. The van der Waals surface area contributed by atoms with Gasteiger partial charge in [0.05, 0.1) is 0 Å². The van der Waals surface area contributed by atoms with Crippen molar-refractivity contribution < 1.29 is 0 Å². The summed E-state index contributed by atoms with van der Waals surface area (Å²) >= 11 is 0. The minimum absolute atomic E-state index is 0.780. The van der Waals surface area contributed by atoms with Crippen molar-refractivity contribution in [2.24, 2.45) is 0 Å². The van der Waals surface area contributed by atoms with Crippen molar-refractivity contribution in [1.29, 1.82) is 0 Å². The Balaban J connectivity index is 3.36. The van der Waals surface area contributed by atoms with Crippen LogP contribution in [0.2, 0.25) is 0 Å². The first-order chi connectivity index (χ1) is 4.91. The minimum atomic E-state index is 0.780. The van der Waals surface area contributed by atoms with E-state index in [4.69, 9.17) is 0 Å². The first kappa shape index (κ1) is 8.78. The van der Waals surface area contributed by atoms with Gasteiger partial charge in [0.2, 0.25) is 0 Å². The van der Waals surface area contributed by atoms with Crippen molar-refractivity contribution in [3.63, 3.8) is 0 Å². The van der Waals surface area contributed by atoms with E-state index in [9.17, 15) is 0 Å². The van der Waals surface area contributed by atoms with Crippen LogP contribution in [0.25, 0.3) is 0 Å². The van der Waals surface area contributed by atoms with Gasteiger partial charge in [-0.25, -0.2) is 0 Å². The summed E-state index contributed by atoms with van der Waals surface area (Å²) in [4.78, 5) is 0. The van der Waals surface area contributed by atoms with E-state index in [1.807, 2.05) is 12.2 Å². The highest BCUT2D eigenvalue weighted by Gasteiger charge is 1.65. The molecule has 52 valence electrons. The fourth-order valence-electron chi connectivity index (χ4n) is 0.440. The lowest BCUT2D eigenvalue weighted by Gasteiger charge is -1.74. The Morgan fingerprint density at radius 3 is 2.40 bits per heavy atom. The Bertz CT molecular complexity index is 174. The smallest absolute Gasteiger partial charge is 0.0272 e. The molecule has 0 N–H and O–H groups in total. The zero-order chi connectivity index (χ0) is 7.66. The standard InChI is InChI=1S/C10H12/c1-3-5-7-9-10-8-6-4-2/h3-5,7H,1-2,6,9H2/b7-5-. The van der Waals surface area contributed by atoms with Gasteiger partial charge in [-0.3, -0.25) is 0 Å². The predicted octanol–water partition coefficient (Wildman–Crippen LogP) is 2.70. The van der Waals surface area contributed by atoms with Gasteiger partial charge >= 0.3 is 0 Å². The molecule has 0 aromatic carbocycles. The van der Waals surface area contributed by atoms with Crippen LogP contribution in [0.1, 0.15) is 12.8 Å². The molecular formula is C10H12. The minimum Gasteiger partial charge on any atom is -0.102 e. The highest BCUT2D eigenvalue weighted by atomic mass is 13.7. The summed E-state index contributed by atoms with van der Waals surface area (Å²) in [6, 6.07) is 0. The van der Waals surface area contributed by atoms with Crippen molar-refractivity contribution in [2.75, 3.05) is 0 Å². The SMILES string of the molecule is C=C/C=C\CC#CCC=C. The topological polar surface area (TPSA) is 0 Å². The van der Waals surface area contributed by atoms with E-state index in [-0.39, 0.29) is 0 Å². The zero-order valence-corrected chi connectivity index (χ0v) is 6.14. The van der Waals surface area contributed by atoms with Crippen molar-refractivity contribution in [2.45, 2.75) is 12.8 Å². The molecule has 0 spiro atoms. The molecule has 0 heteroatoms. The summed E-state index contributed by atoms with van der Waals surface area (Å²) in [6.07, 6.45) is 8.99. The Kier molecular flexibility index (Phi) is 6.83. The Morgan fingerprint density at radius 2 is 1.80 bits per heavy atom. The van der Waals surface area contributed by atoms with Gasteiger partial charge in [0.1, 0.15) is 0 Å². The summed E-state index contributed by atoms with van der Waals surface area (Å²) in [5.41, 5.74) is 0. The van der Waals surface area contributed by atoms with Crippen LogP contribution in [-0.2, 0) is 0 Å². The van der Waals surface area contributed by atoms with E-state index in [2.05, 4.69) is 25.0 Å². The molecule has 0 atom stereocenters. The van der Waals surface area contributed by atoms with Gasteiger partial charge in [-0.15, -0.1) is 6.58 Å². The normalized spacial score (nSPS) is 8.40. The maximum absolute atomic E-state index is 3.56. The van der Waals surface area contributed by atoms with Crippen LogP contribution in [0.3, 0.4) is 0 Å². The van der Waals surface area contributed by atoms with Crippen molar-refractivity contribution in [1.82, 2.24) is 0 Å². The molecule has 0 amide bonds. The molecule has 0 rings (SSSR count). The van der Waals surface area contributed by atoms with Crippen LogP contribution in [-0.4, -0.2) is 0 Å². The fourth-order valence-corrected chi connectivity index (χ4v) is 0.440. The molecule has 0 aliphatic rings. The molecule has 0 fully saturated rings. The number of rotatable bonds is 3. The second-order valence-electron chi connectivity index (χ2n) is 1.71. The second-order valence-corrected chi connectivity index (χ2v) is 1.71. The third kappa shape index (κ3) is 6.78. The quantitative estimate of drug-likeness (QED) is 0.314. The molecule has 0 saturated carbocycles. The molecule has 0 heterocycles. The Labute approximate surface area is 63.0 Å². The number of hydrogen-bond donors (Lipinski definition) is 0. The average Bonchev–Trinajstić information content (AvgIpc) is 1.97. The summed E-state index contributed by atoms with van der Waals surface area (Å²) in [6.45, 7) is 7.10. The van der Waals surface area contributed by atoms with Crippen molar-refractivity contribution in [3.8, 4) is 11.8 Å². The molecule has 0 radical (unpaired) electrons. The van der Waals surface area contributed by atoms with Crippen molar-refractivity contribution >= 4 is 0 Å². The lowest BCUT2D eigenvalue weighted by molar-refractivity contribution is 1.42.